The van der Waals surface area contributed by atoms with Crippen LogP contribution in [-0.4, -0.2) is 170 Å². The molecule has 0 aromatic rings. The zero-order chi connectivity index (χ0) is 54.0. The molecule has 1 N–H and O–H groups in total. The third-order valence-electron chi connectivity index (χ3n) is 13.9. The minimum Gasteiger partial charge on any atom is -0.459 e. The van der Waals surface area contributed by atoms with Crippen molar-refractivity contribution < 1.29 is 75.5 Å². The number of nitrogens with zero attached hydrogens (tertiary/aromatic N) is 1. The Balaban J connectivity index is 2.41. The van der Waals surface area contributed by atoms with E-state index in [9.17, 15) is 14.7 Å². The Bertz CT molecular complexity index is 1770. The van der Waals surface area contributed by atoms with Gasteiger partial charge in [-0.2, -0.15) is 0 Å². The van der Waals surface area contributed by atoms with Crippen molar-refractivity contribution in [3.63, 3.8) is 0 Å². The molecule has 0 radical (unpaired) electrons. The van der Waals surface area contributed by atoms with Gasteiger partial charge in [-0.15, -0.1) is 0 Å². The summed E-state index contributed by atoms with van der Waals surface area (Å²) in [6.45, 7) is 39.3. The second kappa shape index (κ2) is 23.9. The number of likely N-dealkylation sites (N-methyl/N-ethyl adjacent to an activating group) is 1. The third kappa shape index (κ3) is 15.9. The molecule has 0 aliphatic carbocycles. The van der Waals surface area contributed by atoms with Crippen molar-refractivity contribution in [2.75, 3.05) is 21.2 Å². The van der Waals surface area contributed by atoms with Gasteiger partial charge in [-0.25, -0.2) is 0 Å². The lowest BCUT2D eigenvalue weighted by Gasteiger charge is -2.52. The molecule has 0 amide bonds. The first kappa shape index (κ1) is 62.6. The average Bonchev–Trinajstić information content (AvgIpc) is 3.19. The molecule has 0 aromatic heterocycles. The second-order valence-corrected chi connectivity index (χ2v) is 37.6. The Morgan fingerprint density at radius 3 is 1.71 bits per heavy atom. The van der Waals surface area contributed by atoms with Crippen molar-refractivity contribution >= 4 is 48.6 Å². The lowest BCUT2D eigenvalue weighted by molar-refractivity contribution is -0.328. The van der Waals surface area contributed by atoms with Crippen LogP contribution in [0.4, 0.5) is 0 Å². The summed E-state index contributed by atoms with van der Waals surface area (Å²) >= 11 is 0. The van der Waals surface area contributed by atoms with Crippen LogP contribution in [-0.2, 0) is 70.4 Å². The van der Waals surface area contributed by atoms with Crippen LogP contribution in [0.25, 0.3) is 0 Å². The summed E-state index contributed by atoms with van der Waals surface area (Å²) in [4.78, 5) is 57.5. The fourth-order valence-electron chi connectivity index (χ4n) is 11.1. The van der Waals surface area contributed by atoms with Crippen molar-refractivity contribution in [3.05, 3.63) is 0 Å². The number of methoxy groups -OCH3 is 1. The maximum Gasteiger partial charge on any atom is 0.311 e. The first-order chi connectivity index (χ1) is 31.7. The minimum absolute atomic E-state index is 0.110. The Labute approximate surface area is 424 Å². The number of aliphatic hydroxyl groups is 1. The molecular formula is C50H95NO16Si3. The standard InChI is InChI=1S/C50H95NO16Si3/c1-25-36-50(12,67-70(22,23)24)44(65-68(16,17)18)29(3)39(54)28(2)26-48(10,56)43(64-47-42(61-35(9)53)38(51(13)14)41(32(6)59-47)60-34(8)52)30(4)40(31(5)46(55)62-36)63-37-27-49(11,57-15)45(33(7)58-37)66-69(19,20)21/h28-33,36-38,40-45,47,56H,25-27H2,1-24H3/t28-,29+,30+,31-,32-,33+,36-,37+,38?,40+,41-,42-,43-,44-,45+,47+,48-,49?,50-/m1/s1. The van der Waals surface area contributed by atoms with E-state index in [1.54, 1.807) is 60.7 Å². The van der Waals surface area contributed by atoms with Crippen LogP contribution in [0.15, 0.2) is 0 Å². The summed E-state index contributed by atoms with van der Waals surface area (Å²) in [6, 6.07) is -0.764. The topological polar surface area (TPSA) is 193 Å². The molecule has 0 bridgehead atoms. The Morgan fingerprint density at radius 2 is 1.24 bits per heavy atom. The average molecular weight is 1050 g/mol. The first-order valence-electron chi connectivity index (χ1n) is 25.4. The normalized spacial score (nSPS) is 41.1. The molecule has 3 aliphatic heterocycles. The SMILES string of the molecule is CC[C@H]1OC(=O)[C@H](C)[C@@H](O[C@H]2CC(C)(OC)[C@@H](O[Si](C)(C)C)[C@H](C)O2)[C@H](C)[C@@H](O[C@@H]2O[C@H](C)[C@@H](OC(C)=O)C(N(C)C)[C@H]2OC(C)=O)[C@](C)(O)C[C@@H](C)C(=O)[C@H](C)[C@@H](O[Si](C)(C)C)[C@]1(C)O[Si](C)(C)C. The number of esters is 3. The fraction of sp³-hybridized carbons (Fsp3) is 0.920. The van der Waals surface area contributed by atoms with E-state index in [-0.39, 0.29) is 18.6 Å². The number of rotatable bonds is 15. The van der Waals surface area contributed by atoms with E-state index in [2.05, 4.69) is 39.3 Å². The van der Waals surface area contributed by atoms with Gasteiger partial charge in [0.1, 0.15) is 23.6 Å². The summed E-state index contributed by atoms with van der Waals surface area (Å²) in [5, 5.41) is 13.2. The zero-order valence-corrected chi connectivity index (χ0v) is 50.4. The summed E-state index contributed by atoms with van der Waals surface area (Å²) in [5.74, 6) is -5.49. The highest BCUT2D eigenvalue weighted by Gasteiger charge is 2.58. The molecular weight excluding hydrogens is 955 g/mol. The van der Waals surface area contributed by atoms with E-state index in [0.29, 0.717) is 6.42 Å². The summed E-state index contributed by atoms with van der Waals surface area (Å²) in [6.07, 6.45) is -9.76. The van der Waals surface area contributed by atoms with E-state index >= 15 is 9.59 Å². The van der Waals surface area contributed by atoms with Gasteiger partial charge < -0.3 is 56.3 Å². The molecule has 20 heteroatoms. The van der Waals surface area contributed by atoms with Crippen molar-refractivity contribution in [2.24, 2.45) is 23.7 Å². The summed E-state index contributed by atoms with van der Waals surface area (Å²) in [5.41, 5.74) is -4.01. The molecule has 2 unspecified atom stereocenters. The van der Waals surface area contributed by atoms with Gasteiger partial charge in [0.15, 0.2) is 43.6 Å². The van der Waals surface area contributed by atoms with Crippen LogP contribution in [0, 0.1) is 23.7 Å². The molecule has 0 spiro atoms. The van der Waals surface area contributed by atoms with Crippen LogP contribution >= 0.6 is 0 Å². The quantitative estimate of drug-likeness (QED) is 0.0963. The van der Waals surface area contributed by atoms with Crippen molar-refractivity contribution in [1.29, 1.82) is 0 Å². The van der Waals surface area contributed by atoms with Gasteiger partial charge in [0.2, 0.25) is 0 Å². The highest BCUT2D eigenvalue weighted by molar-refractivity contribution is 6.70. The maximum absolute atomic E-state index is 15.2. The number of ether oxygens (including phenoxy) is 8. The number of hydrogen-bond donors (Lipinski definition) is 1. The number of hydrogen-bond acceptors (Lipinski definition) is 17. The van der Waals surface area contributed by atoms with Gasteiger partial charge in [-0.1, -0.05) is 27.7 Å². The predicted octanol–water partition coefficient (Wildman–Crippen LogP) is 7.48. The highest BCUT2D eigenvalue weighted by atomic mass is 28.4. The first-order valence-corrected chi connectivity index (χ1v) is 35.6. The molecule has 3 rings (SSSR count). The summed E-state index contributed by atoms with van der Waals surface area (Å²) in [7, 11) is -1.85. The van der Waals surface area contributed by atoms with E-state index in [0.717, 1.165) is 0 Å². The maximum atomic E-state index is 15.2. The minimum atomic E-state index is -2.46. The van der Waals surface area contributed by atoms with Crippen LogP contribution in [0.5, 0.6) is 0 Å². The van der Waals surface area contributed by atoms with Gasteiger partial charge >= 0.3 is 17.9 Å². The number of cyclic esters (lactones) is 1. The van der Waals surface area contributed by atoms with Crippen LogP contribution in [0.2, 0.25) is 58.9 Å². The third-order valence-corrected chi connectivity index (χ3v) is 16.9. The lowest BCUT2D eigenvalue weighted by atomic mass is 9.74. The van der Waals surface area contributed by atoms with Crippen LogP contribution < -0.4 is 0 Å². The van der Waals surface area contributed by atoms with E-state index in [1.165, 1.54) is 13.8 Å². The monoisotopic (exact) mass is 1050 g/mol. The lowest BCUT2D eigenvalue weighted by Crippen LogP contribution is -2.66. The molecule has 0 aromatic carbocycles. The van der Waals surface area contributed by atoms with Gasteiger partial charge in [0.25, 0.3) is 0 Å². The van der Waals surface area contributed by atoms with E-state index in [4.69, 9.17) is 51.2 Å². The van der Waals surface area contributed by atoms with Crippen LogP contribution in [0.1, 0.15) is 102 Å². The number of Topliss-reactive ketones (excluding diaryl/α,β-unsaturated/α-hetero) is 1. The molecule has 3 saturated heterocycles. The van der Waals surface area contributed by atoms with E-state index < -0.39 is 157 Å². The number of carbonyl (C=O) groups is 4. The largest absolute Gasteiger partial charge is 0.459 e. The van der Waals surface area contributed by atoms with Crippen LogP contribution in [0.3, 0.4) is 0 Å². The Kier molecular flexibility index (Phi) is 21.4. The van der Waals surface area contributed by atoms with Gasteiger partial charge in [-0.05, 0) is 127 Å². The van der Waals surface area contributed by atoms with Crippen molar-refractivity contribution in [2.45, 2.75) is 252 Å². The fourth-order valence-corrected chi connectivity index (χ4v) is 15.0. The molecule has 17 nitrogen and oxygen atoms in total. The molecule has 3 fully saturated rings. The molecule has 3 heterocycles. The van der Waals surface area contributed by atoms with E-state index in [1.807, 2.05) is 54.3 Å². The zero-order valence-electron chi connectivity index (χ0n) is 47.4. The highest BCUT2D eigenvalue weighted by Crippen LogP contribution is 2.44. The number of ketones is 1. The van der Waals surface area contributed by atoms with Gasteiger partial charge in [0.05, 0.1) is 59.8 Å². The van der Waals surface area contributed by atoms with Gasteiger partial charge in [-0.3, -0.25) is 24.1 Å². The molecule has 19 atom stereocenters. The molecule has 70 heavy (non-hydrogen) atoms. The smallest absolute Gasteiger partial charge is 0.311 e. The summed E-state index contributed by atoms with van der Waals surface area (Å²) < 4.78 is 72.8. The Morgan fingerprint density at radius 1 is 0.714 bits per heavy atom. The molecule has 0 saturated carbocycles. The Hall–Kier alpha value is -1.67. The van der Waals surface area contributed by atoms with Gasteiger partial charge in [0, 0.05) is 45.1 Å². The number of carbonyl (C=O) groups excluding carboxylic acids is 4. The molecule has 408 valence electrons. The van der Waals surface area contributed by atoms with Crippen molar-refractivity contribution in [3.8, 4) is 0 Å². The second-order valence-electron chi connectivity index (χ2n) is 24.3. The predicted molar refractivity (Wildman–Crippen MR) is 273 cm³/mol. The molecule has 3 aliphatic rings. The van der Waals surface area contributed by atoms with Crippen molar-refractivity contribution in [1.82, 2.24) is 4.90 Å².